The molecule has 1 aromatic carbocycles. The van der Waals surface area contributed by atoms with Gasteiger partial charge in [0.05, 0.1) is 26.0 Å². The number of nitroso groups, excluding NO2 is 1. The molecule has 0 bridgehead atoms. The van der Waals surface area contributed by atoms with E-state index in [4.69, 9.17) is 14.9 Å². The van der Waals surface area contributed by atoms with Crippen LogP contribution < -0.4 is 9.64 Å². The van der Waals surface area contributed by atoms with Crippen LogP contribution in [0.3, 0.4) is 0 Å². The summed E-state index contributed by atoms with van der Waals surface area (Å²) in [6.07, 6.45) is 0. The molecular formula is C11H16N2O5. The molecule has 0 fully saturated rings. The Labute approximate surface area is 104 Å². The third-order valence-corrected chi connectivity index (χ3v) is 2.47. The third kappa shape index (κ3) is 2.88. The van der Waals surface area contributed by atoms with E-state index in [-0.39, 0.29) is 43.5 Å². The van der Waals surface area contributed by atoms with E-state index in [9.17, 15) is 10.0 Å². The quantitative estimate of drug-likeness (QED) is 0.617. The lowest BCUT2D eigenvalue weighted by Gasteiger charge is -2.24. The monoisotopic (exact) mass is 256 g/mol. The first-order chi connectivity index (χ1) is 8.69. The zero-order chi connectivity index (χ0) is 13.5. The van der Waals surface area contributed by atoms with E-state index in [2.05, 4.69) is 5.18 Å². The number of phenols is 1. The maximum atomic E-state index is 10.5. The Balaban J connectivity index is 3.18. The highest BCUT2D eigenvalue weighted by Gasteiger charge is 2.18. The molecule has 0 saturated carbocycles. The lowest BCUT2D eigenvalue weighted by molar-refractivity contribution is 0.280. The van der Waals surface area contributed by atoms with Gasteiger partial charge in [0.1, 0.15) is 0 Å². The number of aliphatic hydroxyl groups excluding tert-OH is 2. The van der Waals surface area contributed by atoms with E-state index < -0.39 is 0 Å². The predicted octanol–water partition coefficient (Wildman–Crippen LogP) is 0.590. The highest BCUT2D eigenvalue weighted by Crippen LogP contribution is 2.43. The lowest BCUT2D eigenvalue weighted by Crippen LogP contribution is -2.29. The number of aliphatic hydroxyl groups is 2. The van der Waals surface area contributed by atoms with Gasteiger partial charge in [-0.2, -0.15) is 0 Å². The van der Waals surface area contributed by atoms with Crippen LogP contribution >= 0.6 is 0 Å². The first-order valence-electron chi connectivity index (χ1n) is 5.39. The highest BCUT2D eigenvalue weighted by molar-refractivity contribution is 5.72. The van der Waals surface area contributed by atoms with Crippen LogP contribution in [0.15, 0.2) is 17.3 Å². The zero-order valence-electron chi connectivity index (χ0n) is 10.0. The van der Waals surface area contributed by atoms with Gasteiger partial charge in [-0.1, -0.05) is 0 Å². The Bertz CT molecular complexity index is 405. The second kappa shape index (κ2) is 6.77. The van der Waals surface area contributed by atoms with Crippen LogP contribution in [0, 0.1) is 4.91 Å². The Kier molecular flexibility index (Phi) is 5.34. The summed E-state index contributed by atoms with van der Waals surface area (Å²) in [5, 5.41) is 30.6. The molecule has 0 amide bonds. The zero-order valence-corrected chi connectivity index (χ0v) is 10.0. The van der Waals surface area contributed by atoms with Gasteiger partial charge >= 0.3 is 0 Å². The summed E-state index contributed by atoms with van der Waals surface area (Å²) in [5.41, 5.74) is 0.356. The second-order valence-corrected chi connectivity index (χ2v) is 3.51. The Hall–Kier alpha value is -1.86. The fraction of sp³-hybridized carbons (Fsp3) is 0.455. The van der Waals surface area contributed by atoms with Crippen molar-refractivity contribution < 1.29 is 20.1 Å². The molecule has 0 spiro atoms. The van der Waals surface area contributed by atoms with E-state index in [1.165, 1.54) is 19.2 Å². The molecule has 1 rings (SSSR count). The van der Waals surface area contributed by atoms with Crippen molar-refractivity contribution in [3.05, 3.63) is 17.0 Å². The molecular weight excluding hydrogens is 240 g/mol. The molecule has 7 nitrogen and oxygen atoms in total. The number of ether oxygens (including phenoxy) is 1. The van der Waals surface area contributed by atoms with Crippen molar-refractivity contribution >= 4 is 11.4 Å². The average molecular weight is 256 g/mol. The van der Waals surface area contributed by atoms with Crippen LogP contribution in [-0.4, -0.2) is 48.7 Å². The first kappa shape index (κ1) is 14.2. The van der Waals surface area contributed by atoms with Gasteiger partial charge in [-0.3, -0.25) is 0 Å². The molecule has 0 aliphatic heterocycles. The standard InChI is InChI=1S/C11H16N2O5/c1-18-11-8(12-17)2-3-9(10(11)16)13(4-6-14)5-7-15/h2-3,14-16H,4-7H2,1H3. The van der Waals surface area contributed by atoms with Crippen LogP contribution in [0.25, 0.3) is 0 Å². The van der Waals surface area contributed by atoms with E-state index >= 15 is 0 Å². The molecule has 0 atom stereocenters. The minimum Gasteiger partial charge on any atom is -0.503 e. The summed E-state index contributed by atoms with van der Waals surface area (Å²) in [4.78, 5) is 12.1. The van der Waals surface area contributed by atoms with Gasteiger partial charge < -0.3 is 25.0 Å². The molecule has 0 heterocycles. The van der Waals surface area contributed by atoms with Crippen LogP contribution in [-0.2, 0) is 0 Å². The Morgan fingerprint density at radius 3 is 2.33 bits per heavy atom. The molecule has 18 heavy (non-hydrogen) atoms. The molecule has 1 aromatic rings. The van der Waals surface area contributed by atoms with Crippen LogP contribution in [0.2, 0.25) is 0 Å². The summed E-state index contributed by atoms with van der Waals surface area (Å²) in [7, 11) is 1.32. The van der Waals surface area contributed by atoms with Gasteiger partial charge in [-0.25, -0.2) is 0 Å². The first-order valence-corrected chi connectivity index (χ1v) is 5.39. The minimum atomic E-state index is -0.239. The number of hydrogen-bond acceptors (Lipinski definition) is 7. The highest BCUT2D eigenvalue weighted by atomic mass is 16.5. The number of rotatable bonds is 7. The predicted molar refractivity (Wildman–Crippen MR) is 66.5 cm³/mol. The molecule has 3 N–H and O–H groups in total. The SMILES string of the molecule is COc1c(N=O)ccc(N(CCO)CCO)c1O. The number of anilines is 1. The minimum absolute atomic E-state index is 0.00769. The summed E-state index contributed by atoms with van der Waals surface area (Å²) >= 11 is 0. The molecule has 0 aliphatic carbocycles. The topological polar surface area (TPSA) is 103 Å². The van der Waals surface area contributed by atoms with Crippen LogP contribution in [0.5, 0.6) is 11.5 Å². The normalized spacial score (nSPS) is 10.2. The van der Waals surface area contributed by atoms with E-state index in [0.717, 1.165) is 0 Å². The van der Waals surface area contributed by atoms with E-state index in [1.54, 1.807) is 4.90 Å². The van der Waals surface area contributed by atoms with Gasteiger partial charge in [0.15, 0.2) is 17.2 Å². The van der Waals surface area contributed by atoms with Crippen molar-refractivity contribution in [3.8, 4) is 11.5 Å². The lowest BCUT2D eigenvalue weighted by atomic mass is 10.2. The van der Waals surface area contributed by atoms with Crippen molar-refractivity contribution in [2.24, 2.45) is 5.18 Å². The second-order valence-electron chi connectivity index (χ2n) is 3.51. The van der Waals surface area contributed by atoms with E-state index in [0.29, 0.717) is 5.69 Å². The van der Waals surface area contributed by atoms with Gasteiger partial charge in [0.2, 0.25) is 0 Å². The smallest absolute Gasteiger partial charge is 0.192 e. The summed E-state index contributed by atoms with van der Waals surface area (Å²) in [6.45, 7) is 0.223. The maximum Gasteiger partial charge on any atom is 0.192 e. The molecule has 0 aliphatic rings. The average Bonchev–Trinajstić information content (AvgIpc) is 2.38. The Morgan fingerprint density at radius 1 is 1.28 bits per heavy atom. The van der Waals surface area contributed by atoms with Crippen molar-refractivity contribution in [2.45, 2.75) is 0 Å². The largest absolute Gasteiger partial charge is 0.503 e. The van der Waals surface area contributed by atoms with Gasteiger partial charge in [-0.05, 0) is 17.3 Å². The Morgan fingerprint density at radius 2 is 1.89 bits per heavy atom. The summed E-state index contributed by atoms with van der Waals surface area (Å²) in [6, 6.07) is 2.89. The van der Waals surface area contributed by atoms with Gasteiger partial charge in [0, 0.05) is 13.1 Å². The van der Waals surface area contributed by atoms with Crippen molar-refractivity contribution in [2.75, 3.05) is 38.3 Å². The molecule has 100 valence electrons. The number of nitrogens with zero attached hydrogens (tertiary/aromatic N) is 2. The fourth-order valence-corrected chi connectivity index (χ4v) is 1.67. The fourth-order valence-electron chi connectivity index (χ4n) is 1.67. The van der Waals surface area contributed by atoms with Crippen molar-refractivity contribution in [1.82, 2.24) is 0 Å². The van der Waals surface area contributed by atoms with Crippen LogP contribution in [0.4, 0.5) is 11.4 Å². The van der Waals surface area contributed by atoms with E-state index in [1.807, 2.05) is 0 Å². The number of phenolic OH excluding ortho intramolecular Hbond substituents is 1. The van der Waals surface area contributed by atoms with Crippen molar-refractivity contribution in [1.29, 1.82) is 0 Å². The number of aromatic hydroxyl groups is 1. The molecule has 0 radical (unpaired) electrons. The number of hydrogen-bond donors (Lipinski definition) is 3. The molecule has 0 aromatic heterocycles. The van der Waals surface area contributed by atoms with Gasteiger partial charge in [0.25, 0.3) is 0 Å². The summed E-state index contributed by atoms with van der Waals surface area (Å²) in [5.74, 6) is -0.264. The third-order valence-electron chi connectivity index (χ3n) is 2.47. The summed E-state index contributed by atoms with van der Waals surface area (Å²) < 4.78 is 4.92. The molecule has 0 unspecified atom stereocenters. The van der Waals surface area contributed by atoms with Gasteiger partial charge in [-0.15, -0.1) is 4.91 Å². The van der Waals surface area contributed by atoms with Crippen LogP contribution in [0.1, 0.15) is 0 Å². The molecule has 7 heteroatoms. The van der Waals surface area contributed by atoms with Crippen molar-refractivity contribution in [3.63, 3.8) is 0 Å². The number of benzene rings is 1. The maximum absolute atomic E-state index is 10.5. The number of methoxy groups -OCH3 is 1. The molecule has 0 saturated heterocycles.